The summed E-state index contributed by atoms with van der Waals surface area (Å²) in [7, 11) is 0. The maximum atomic E-state index is 11.3. The minimum absolute atomic E-state index is 0.115. The molecule has 0 aliphatic heterocycles. The van der Waals surface area contributed by atoms with Gasteiger partial charge in [-0.3, -0.25) is 15.1 Å². The van der Waals surface area contributed by atoms with E-state index >= 15 is 0 Å². The number of aromatic nitrogens is 1. The van der Waals surface area contributed by atoms with Crippen molar-refractivity contribution in [1.82, 2.24) is 10.3 Å². The van der Waals surface area contributed by atoms with Gasteiger partial charge in [-0.2, -0.15) is 0 Å². The highest BCUT2D eigenvalue weighted by Gasteiger charge is 2.00. The van der Waals surface area contributed by atoms with Gasteiger partial charge in [0.2, 0.25) is 5.91 Å². The first-order chi connectivity index (χ1) is 7.22. The number of pyridine rings is 1. The van der Waals surface area contributed by atoms with E-state index in [1.165, 1.54) is 0 Å². The standard InChI is InChI=1S/C11H13N3O/c1-3-5-12-8-11(15)14-10-4-6-13-9(2)7-10/h1,4,6-7,12H,5,8H2,2H3,(H,13,14,15). The molecule has 1 heterocycles. The third-order valence-electron chi connectivity index (χ3n) is 1.69. The largest absolute Gasteiger partial charge is 0.325 e. The molecule has 78 valence electrons. The van der Waals surface area contributed by atoms with Crippen molar-refractivity contribution in [3.63, 3.8) is 0 Å². The number of nitrogens with one attached hydrogen (secondary N) is 2. The van der Waals surface area contributed by atoms with Gasteiger partial charge in [0.1, 0.15) is 0 Å². The second-order valence-electron chi connectivity index (χ2n) is 3.04. The molecule has 0 saturated carbocycles. The Morgan fingerprint density at radius 2 is 2.47 bits per heavy atom. The first-order valence-electron chi connectivity index (χ1n) is 4.59. The number of nitrogens with zero attached hydrogens (tertiary/aromatic N) is 1. The van der Waals surface area contributed by atoms with Crippen LogP contribution in [0.1, 0.15) is 5.69 Å². The molecule has 0 spiro atoms. The third kappa shape index (κ3) is 4.25. The smallest absolute Gasteiger partial charge is 0.238 e. The average molecular weight is 203 g/mol. The molecule has 1 amide bonds. The molecule has 1 aromatic rings. The van der Waals surface area contributed by atoms with E-state index in [1.54, 1.807) is 18.3 Å². The minimum Gasteiger partial charge on any atom is -0.325 e. The van der Waals surface area contributed by atoms with Crippen LogP contribution in [0.25, 0.3) is 0 Å². The predicted molar refractivity (Wildman–Crippen MR) is 59.3 cm³/mol. The Kier molecular flexibility index (Phi) is 4.32. The molecule has 0 atom stereocenters. The zero-order chi connectivity index (χ0) is 11.1. The molecule has 0 aliphatic rings. The Hall–Kier alpha value is -1.86. The second-order valence-corrected chi connectivity index (χ2v) is 3.04. The van der Waals surface area contributed by atoms with E-state index in [2.05, 4.69) is 21.5 Å². The summed E-state index contributed by atoms with van der Waals surface area (Å²) in [5, 5.41) is 5.54. The molecule has 0 aromatic carbocycles. The summed E-state index contributed by atoms with van der Waals surface area (Å²) in [6.07, 6.45) is 6.69. The summed E-state index contributed by atoms with van der Waals surface area (Å²) in [6, 6.07) is 3.55. The number of amides is 1. The Morgan fingerprint density at radius 3 is 3.13 bits per heavy atom. The number of anilines is 1. The number of carbonyl (C=O) groups is 1. The van der Waals surface area contributed by atoms with E-state index in [0.29, 0.717) is 6.54 Å². The molecular formula is C11H13N3O. The number of hydrogen-bond acceptors (Lipinski definition) is 3. The molecule has 0 unspecified atom stereocenters. The van der Waals surface area contributed by atoms with Crippen LogP contribution in [-0.2, 0) is 4.79 Å². The normalized spacial score (nSPS) is 9.33. The van der Waals surface area contributed by atoms with E-state index in [0.717, 1.165) is 11.4 Å². The van der Waals surface area contributed by atoms with Gasteiger partial charge >= 0.3 is 0 Å². The Bertz CT molecular complexity index is 382. The zero-order valence-electron chi connectivity index (χ0n) is 8.58. The number of rotatable bonds is 4. The van der Waals surface area contributed by atoms with Gasteiger partial charge in [-0.15, -0.1) is 6.42 Å². The summed E-state index contributed by atoms with van der Waals surface area (Å²) in [5.74, 6) is 2.28. The first-order valence-corrected chi connectivity index (χ1v) is 4.59. The lowest BCUT2D eigenvalue weighted by molar-refractivity contribution is -0.115. The SMILES string of the molecule is C#CCNCC(=O)Nc1ccnc(C)c1. The molecule has 0 aliphatic carbocycles. The van der Waals surface area contributed by atoms with Crippen LogP contribution in [0, 0.1) is 19.3 Å². The van der Waals surface area contributed by atoms with Crippen molar-refractivity contribution in [2.75, 3.05) is 18.4 Å². The molecule has 2 N–H and O–H groups in total. The quantitative estimate of drug-likeness (QED) is 0.555. The van der Waals surface area contributed by atoms with Crippen molar-refractivity contribution in [3.05, 3.63) is 24.0 Å². The van der Waals surface area contributed by atoms with Gasteiger partial charge in [-0.1, -0.05) is 5.92 Å². The van der Waals surface area contributed by atoms with Gasteiger partial charge in [-0.05, 0) is 19.1 Å². The lowest BCUT2D eigenvalue weighted by Crippen LogP contribution is -2.28. The summed E-state index contributed by atoms with van der Waals surface area (Å²) in [4.78, 5) is 15.4. The molecule has 0 bridgehead atoms. The fraction of sp³-hybridized carbons (Fsp3) is 0.273. The molecular weight excluding hydrogens is 190 g/mol. The average Bonchev–Trinajstić information content (AvgIpc) is 2.18. The van der Waals surface area contributed by atoms with Gasteiger partial charge in [0, 0.05) is 17.6 Å². The fourth-order valence-electron chi connectivity index (χ4n) is 1.08. The van der Waals surface area contributed by atoms with Crippen molar-refractivity contribution in [2.45, 2.75) is 6.92 Å². The van der Waals surface area contributed by atoms with Crippen molar-refractivity contribution in [3.8, 4) is 12.3 Å². The van der Waals surface area contributed by atoms with Crippen LogP contribution in [0.15, 0.2) is 18.3 Å². The lowest BCUT2D eigenvalue weighted by Gasteiger charge is -2.05. The Labute approximate surface area is 89.1 Å². The number of aryl methyl sites for hydroxylation is 1. The molecule has 0 saturated heterocycles. The highest BCUT2D eigenvalue weighted by molar-refractivity contribution is 5.92. The van der Waals surface area contributed by atoms with Crippen molar-refractivity contribution in [2.24, 2.45) is 0 Å². The molecule has 4 heteroatoms. The number of terminal acetylenes is 1. The van der Waals surface area contributed by atoms with Crippen molar-refractivity contribution in [1.29, 1.82) is 0 Å². The first kappa shape index (κ1) is 11.2. The molecule has 0 fully saturated rings. The summed E-state index contributed by atoms with van der Waals surface area (Å²) in [5.41, 5.74) is 1.61. The molecule has 15 heavy (non-hydrogen) atoms. The Balaban J connectivity index is 2.42. The van der Waals surface area contributed by atoms with Gasteiger partial charge in [-0.25, -0.2) is 0 Å². The third-order valence-corrected chi connectivity index (χ3v) is 1.69. The maximum absolute atomic E-state index is 11.3. The van der Waals surface area contributed by atoms with Gasteiger partial charge in [0.05, 0.1) is 13.1 Å². The van der Waals surface area contributed by atoms with Crippen molar-refractivity contribution < 1.29 is 4.79 Å². The number of carbonyl (C=O) groups excluding carboxylic acids is 1. The van der Waals surface area contributed by atoms with Crippen LogP contribution in [-0.4, -0.2) is 24.0 Å². The van der Waals surface area contributed by atoms with Crippen molar-refractivity contribution >= 4 is 11.6 Å². The van der Waals surface area contributed by atoms with E-state index in [9.17, 15) is 4.79 Å². The van der Waals surface area contributed by atoms with Crippen LogP contribution in [0.3, 0.4) is 0 Å². The lowest BCUT2D eigenvalue weighted by atomic mass is 10.3. The van der Waals surface area contributed by atoms with Crippen LogP contribution in [0.5, 0.6) is 0 Å². The second kappa shape index (κ2) is 5.78. The Morgan fingerprint density at radius 1 is 1.67 bits per heavy atom. The van der Waals surface area contributed by atoms with Gasteiger partial charge < -0.3 is 5.32 Å². The van der Waals surface area contributed by atoms with Crippen LogP contribution in [0.2, 0.25) is 0 Å². The monoisotopic (exact) mass is 203 g/mol. The maximum Gasteiger partial charge on any atom is 0.238 e. The summed E-state index contributed by atoms with van der Waals surface area (Å²) in [6.45, 7) is 2.47. The van der Waals surface area contributed by atoms with E-state index in [4.69, 9.17) is 6.42 Å². The van der Waals surface area contributed by atoms with Gasteiger partial charge in [0.25, 0.3) is 0 Å². The molecule has 1 aromatic heterocycles. The fourth-order valence-corrected chi connectivity index (χ4v) is 1.08. The summed E-state index contributed by atoms with van der Waals surface area (Å²) >= 11 is 0. The predicted octanol–water partition coefficient (Wildman–Crippen LogP) is 0.551. The molecule has 0 radical (unpaired) electrons. The highest BCUT2D eigenvalue weighted by atomic mass is 16.1. The van der Waals surface area contributed by atoms with E-state index in [1.807, 2.05) is 6.92 Å². The van der Waals surface area contributed by atoms with Crippen LogP contribution >= 0.6 is 0 Å². The molecule has 1 rings (SSSR count). The van der Waals surface area contributed by atoms with Crippen LogP contribution < -0.4 is 10.6 Å². The van der Waals surface area contributed by atoms with Crippen LogP contribution in [0.4, 0.5) is 5.69 Å². The van der Waals surface area contributed by atoms with E-state index in [-0.39, 0.29) is 12.5 Å². The summed E-state index contributed by atoms with van der Waals surface area (Å²) < 4.78 is 0. The molecule has 4 nitrogen and oxygen atoms in total. The van der Waals surface area contributed by atoms with Gasteiger partial charge in [0.15, 0.2) is 0 Å². The topological polar surface area (TPSA) is 54.0 Å². The number of hydrogen-bond donors (Lipinski definition) is 2. The van der Waals surface area contributed by atoms with E-state index < -0.39 is 0 Å². The highest BCUT2D eigenvalue weighted by Crippen LogP contribution is 2.06. The minimum atomic E-state index is -0.115. The zero-order valence-corrected chi connectivity index (χ0v) is 8.58.